The molecule has 2 aromatic carbocycles. The van der Waals surface area contributed by atoms with Gasteiger partial charge in [-0.15, -0.1) is 0 Å². The molecule has 2 rings (SSSR count). The minimum absolute atomic E-state index is 0.0543. The summed E-state index contributed by atoms with van der Waals surface area (Å²) in [5.74, 6) is -0.405. The Morgan fingerprint density at radius 3 is 2.50 bits per heavy atom. The van der Waals surface area contributed by atoms with Crippen molar-refractivity contribution in [3.05, 3.63) is 74.9 Å². The van der Waals surface area contributed by atoms with Crippen molar-refractivity contribution in [3.63, 3.8) is 0 Å². The number of aryl methyl sites for hydroxylation is 3. The van der Waals surface area contributed by atoms with Crippen molar-refractivity contribution < 1.29 is 4.79 Å². The van der Waals surface area contributed by atoms with E-state index in [1.54, 1.807) is 0 Å². The van der Waals surface area contributed by atoms with E-state index < -0.39 is 5.91 Å². The van der Waals surface area contributed by atoms with Crippen LogP contribution in [0.4, 0.5) is 5.69 Å². The van der Waals surface area contributed by atoms with Crippen LogP contribution in [0.15, 0.2) is 52.6 Å². The van der Waals surface area contributed by atoms with Crippen molar-refractivity contribution in [1.29, 1.82) is 5.26 Å². The van der Waals surface area contributed by atoms with Crippen LogP contribution in [0, 0.1) is 32.1 Å². The number of carbonyl (C=O) groups excluding carboxylic acids is 1. The first-order chi connectivity index (χ1) is 12.4. The molecule has 0 aliphatic carbocycles. The van der Waals surface area contributed by atoms with Crippen LogP contribution in [0.2, 0.25) is 0 Å². The van der Waals surface area contributed by atoms with E-state index in [9.17, 15) is 10.1 Å². The van der Waals surface area contributed by atoms with Gasteiger partial charge in [0.1, 0.15) is 11.6 Å². The molecule has 0 heterocycles. The highest BCUT2D eigenvalue weighted by atomic mass is 79.9. The quantitative estimate of drug-likeness (QED) is 0.416. The number of nitrogens with zero attached hydrogens (tertiary/aromatic N) is 1. The summed E-state index contributed by atoms with van der Waals surface area (Å²) in [6, 6.07) is 14.0. The minimum Gasteiger partial charge on any atom is -0.389 e. The van der Waals surface area contributed by atoms with E-state index in [4.69, 9.17) is 0 Å². The molecular weight excluding hydrogens is 390 g/mol. The second kappa shape index (κ2) is 9.21. The molecule has 2 N–H and O–H groups in total. The maximum Gasteiger partial charge on any atom is 0.267 e. The van der Waals surface area contributed by atoms with Gasteiger partial charge < -0.3 is 10.6 Å². The highest BCUT2D eigenvalue weighted by Crippen LogP contribution is 2.22. The molecule has 0 aliphatic heterocycles. The number of carbonyl (C=O) groups is 1. The van der Waals surface area contributed by atoms with Crippen molar-refractivity contribution in [3.8, 4) is 6.07 Å². The number of benzene rings is 2. The van der Waals surface area contributed by atoms with Crippen molar-refractivity contribution in [2.75, 3.05) is 11.9 Å². The number of hydrogen-bond acceptors (Lipinski definition) is 3. The van der Waals surface area contributed by atoms with E-state index in [2.05, 4.69) is 26.6 Å². The second-order valence-corrected chi connectivity index (χ2v) is 7.15. The topological polar surface area (TPSA) is 64.9 Å². The first-order valence-corrected chi connectivity index (χ1v) is 9.17. The van der Waals surface area contributed by atoms with Crippen molar-refractivity contribution in [2.45, 2.75) is 27.2 Å². The van der Waals surface area contributed by atoms with Crippen LogP contribution in [0.25, 0.3) is 0 Å². The Morgan fingerprint density at radius 2 is 1.88 bits per heavy atom. The van der Waals surface area contributed by atoms with Crippen LogP contribution < -0.4 is 10.6 Å². The summed E-state index contributed by atoms with van der Waals surface area (Å²) < 4.78 is 1.03. The number of rotatable bonds is 6. The lowest BCUT2D eigenvalue weighted by Gasteiger charge is -2.12. The first-order valence-electron chi connectivity index (χ1n) is 8.38. The third-order valence-electron chi connectivity index (χ3n) is 3.97. The summed E-state index contributed by atoms with van der Waals surface area (Å²) in [5.41, 5.74) is 5.10. The molecule has 2 aromatic rings. The Bertz CT molecular complexity index is 858. The van der Waals surface area contributed by atoms with Crippen LogP contribution in [-0.2, 0) is 11.2 Å². The number of hydrogen-bond donors (Lipinski definition) is 2. The van der Waals surface area contributed by atoms with Gasteiger partial charge >= 0.3 is 0 Å². The van der Waals surface area contributed by atoms with Crippen LogP contribution in [-0.4, -0.2) is 12.5 Å². The van der Waals surface area contributed by atoms with Crippen molar-refractivity contribution in [2.24, 2.45) is 0 Å². The van der Waals surface area contributed by atoms with Gasteiger partial charge in [-0.3, -0.25) is 4.79 Å². The van der Waals surface area contributed by atoms with E-state index in [1.807, 2.05) is 63.2 Å². The molecule has 0 bridgehead atoms. The summed E-state index contributed by atoms with van der Waals surface area (Å²) in [5, 5.41) is 15.2. The zero-order valence-electron chi connectivity index (χ0n) is 15.2. The van der Waals surface area contributed by atoms with Crippen LogP contribution in [0.1, 0.15) is 22.3 Å². The van der Waals surface area contributed by atoms with Crippen LogP contribution >= 0.6 is 15.9 Å². The van der Waals surface area contributed by atoms with Gasteiger partial charge in [0, 0.05) is 22.9 Å². The van der Waals surface area contributed by atoms with Gasteiger partial charge in [-0.25, -0.2) is 0 Å². The molecule has 5 heteroatoms. The Morgan fingerprint density at radius 1 is 1.19 bits per heavy atom. The fourth-order valence-corrected chi connectivity index (χ4v) is 3.24. The zero-order valence-corrected chi connectivity index (χ0v) is 16.8. The van der Waals surface area contributed by atoms with E-state index in [0.717, 1.165) is 33.3 Å². The van der Waals surface area contributed by atoms with Gasteiger partial charge in [0.15, 0.2) is 0 Å². The zero-order chi connectivity index (χ0) is 19.1. The van der Waals surface area contributed by atoms with Crippen LogP contribution in [0.5, 0.6) is 0 Å². The molecule has 0 unspecified atom stereocenters. The summed E-state index contributed by atoms with van der Waals surface area (Å²) >= 11 is 3.44. The maximum absolute atomic E-state index is 12.4. The van der Waals surface area contributed by atoms with Gasteiger partial charge in [-0.05, 0) is 56.0 Å². The number of halogens is 1. The lowest BCUT2D eigenvalue weighted by Crippen LogP contribution is -2.19. The maximum atomic E-state index is 12.4. The molecule has 0 fully saturated rings. The number of nitrogens with one attached hydrogen (secondary N) is 2. The van der Waals surface area contributed by atoms with E-state index in [0.29, 0.717) is 6.54 Å². The number of anilines is 1. The Balaban J connectivity index is 1.98. The third-order valence-corrected chi connectivity index (χ3v) is 4.47. The molecule has 0 radical (unpaired) electrons. The largest absolute Gasteiger partial charge is 0.389 e. The average molecular weight is 412 g/mol. The predicted octanol–water partition coefficient (Wildman–Crippen LogP) is 4.55. The second-order valence-electron chi connectivity index (χ2n) is 6.23. The molecule has 0 saturated heterocycles. The monoisotopic (exact) mass is 411 g/mol. The molecular formula is C21H22BrN3O. The van der Waals surface area contributed by atoms with E-state index in [1.165, 1.54) is 11.8 Å². The fourth-order valence-electron chi connectivity index (χ4n) is 2.79. The van der Waals surface area contributed by atoms with Gasteiger partial charge in [0.2, 0.25) is 0 Å². The molecule has 0 spiro atoms. The molecule has 4 nitrogen and oxygen atoms in total. The highest BCUT2D eigenvalue weighted by molar-refractivity contribution is 9.10. The highest BCUT2D eigenvalue weighted by Gasteiger charge is 2.12. The van der Waals surface area contributed by atoms with E-state index >= 15 is 0 Å². The predicted molar refractivity (Wildman–Crippen MR) is 109 cm³/mol. The van der Waals surface area contributed by atoms with Gasteiger partial charge in [0.25, 0.3) is 5.91 Å². The fraction of sp³-hybridized carbons (Fsp3) is 0.238. The van der Waals surface area contributed by atoms with E-state index in [-0.39, 0.29) is 5.57 Å². The molecule has 0 atom stereocenters. The van der Waals surface area contributed by atoms with Crippen molar-refractivity contribution in [1.82, 2.24) is 5.32 Å². The smallest absolute Gasteiger partial charge is 0.267 e. The third kappa shape index (κ3) is 5.47. The molecule has 0 saturated carbocycles. The molecule has 26 heavy (non-hydrogen) atoms. The lowest BCUT2D eigenvalue weighted by atomic mass is 10.0. The molecule has 0 aromatic heterocycles. The Labute approximate surface area is 163 Å². The Hall–Kier alpha value is -2.58. The average Bonchev–Trinajstić information content (AvgIpc) is 2.58. The number of amides is 1. The van der Waals surface area contributed by atoms with Crippen molar-refractivity contribution >= 4 is 27.5 Å². The molecule has 134 valence electrons. The van der Waals surface area contributed by atoms with Gasteiger partial charge in [-0.2, -0.15) is 5.26 Å². The Kier molecular flexibility index (Phi) is 6.99. The summed E-state index contributed by atoms with van der Waals surface area (Å²) in [6.07, 6.45) is 2.28. The number of nitriles is 1. The molecule has 0 aliphatic rings. The summed E-state index contributed by atoms with van der Waals surface area (Å²) in [6.45, 7) is 6.54. The first kappa shape index (κ1) is 19.7. The minimum atomic E-state index is -0.405. The normalized spacial score (nSPS) is 11.0. The summed E-state index contributed by atoms with van der Waals surface area (Å²) in [7, 11) is 0. The SMILES string of the molecule is Cc1cc(C)c(NC(=O)/C(C#N)=C\NCCc2cccc(Br)c2)c(C)c1. The summed E-state index contributed by atoms with van der Waals surface area (Å²) in [4.78, 5) is 12.4. The van der Waals surface area contributed by atoms with Gasteiger partial charge in [0.05, 0.1) is 0 Å². The lowest BCUT2D eigenvalue weighted by molar-refractivity contribution is -0.112. The van der Waals surface area contributed by atoms with Crippen LogP contribution in [0.3, 0.4) is 0 Å². The standard InChI is InChI=1S/C21H22BrN3O/c1-14-9-15(2)20(16(3)10-14)25-21(26)18(12-23)13-24-8-7-17-5-4-6-19(22)11-17/h4-6,9-11,13,24H,7-8H2,1-3H3,(H,25,26)/b18-13-. The van der Waals surface area contributed by atoms with Gasteiger partial charge in [-0.1, -0.05) is 45.8 Å². The molecule has 1 amide bonds.